The van der Waals surface area contributed by atoms with Crippen LogP contribution in [-0.2, 0) is 0 Å². The van der Waals surface area contributed by atoms with Crippen LogP contribution in [0.25, 0.3) is 11.0 Å². The molecule has 20 heavy (non-hydrogen) atoms. The SMILES string of the molecule is COc1ccc2c(C(=O)N(Cl)[C@H]3CCNC3)coc2c1. The predicted molar refractivity (Wildman–Crippen MR) is 76.1 cm³/mol. The first-order valence-electron chi connectivity index (χ1n) is 6.46. The number of fused-ring (bicyclic) bond motifs is 1. The van der Waals surface area contributed by atoms with Crippen molar-refractivity contribution in [1.82, 2.24) is 9.74 Å². The van der Waals surface area contributed by atoms with Crippen LogP contribution >= 0.6 is 11.8 Å². The largest absolute Gasteiger partial charge is 0.497 e. The van der Waals surface area contributed by atoms with Crippen LogP contribution in [0.3, 0.4) is 0 Å². The maximum atomic E-state index is 12.4. The number of methoxy groups -OCH3 is 1. The average Bonchev–Trinajstić information content (AvgIpc) is 3.14. The summed E-state index contributed by atoms with van der Waals surface area (Å²) in [6.07, 6.45) is 2.31. The van der Waals surface area contributed by atoms with Crippen LogP contribution in [0.4, 0.5) is 0 Å². The molecule has 1 fully saturated rings. The van der Waals surface area contributed by atoms with Crippen molar-refractivity contribution in [1.29, 1.82) is 0 Å². The molecule has 0 aliphatic carbocycles. The van der Waals surface area contributed by atoms with Crippen molar-refractivity contribution in [3.63, 3.8) is 0 Å². The molecule has 2 heterocycles. The van der Waals surface area contributed by atoms with Crippen molar-refractivity contribution in [2.24, 2.45) is 0 Å². The normalized spacial score (nSPS) is 18.4. The Hall–Kier alpha value is -1.72. The van der Waals surface area contributed by atoms with Crippen LogP contribution in [-0.4, -0.2) is 36.6 Å². The van der Waals surface area contributed by atoms with E-state index in [4.69, 9.17) is 20.9 Å². The number of benzene rings is 1. The second-order valence-corrected chi connectivity index (χ2v) is 5.14. The molecule has 1 aliphatic heterocycles. The van der Waals surface area contributed by atoms with Gasteiger partial charge in [-0.3, -0.25) is 4.79 Å². The lowest BCUT2D eigenvalue weighted by Crippen LogP contribution is -2.34. The molecule has 3 rings (SSSR count). The smallest absolute Gasteiger partial charge is 0.272 e. The standard InChI is InChI=1S/C14H15ClN2O3/c1-19-10-2-3-11-12(8-20-13(11)6-10)14(18)17(15)9-4-5-16-7-9/h2-3,6,8-9,16H,4-5,7H2,1H3/t9-/m0/s1. The predicted octanol–water partition coefficient (Wildman–Crippen LogP) is 2.40. The fourth-order valence-electron chi connectivity index (χ4n) is 2.41. The van der Waals surface area contributed by atoms with Gasteiger partial charge in [-0.2, -0.15) is 0 Å². The lowest BCUT2D eigenvalue weighted by Gasteiger charge is -2.19. The molecule has 0 saturated carbocycles. The van der Waals surface area contributed by atoms with Gasteiger partial charge in [0.15, 0.2) is 0 Å². The zero-order chi connectivity index (χ0) is 14.1. The summed E-state index contributed by atoms with van der Waals surface area (Å²) >= 11 is 6.17. The maximum Gasteiger partial charge on any atom is 0.272 e. The first kappa shape index (κ1) is 13.3. The molecular weight excluding hydrogens is 280 g/mol. The molecule has 6 heteroatoms. The van der Waals surface area contributed by atoms with Crippen LogP contribution in [0.1, 0.15) is 16.8 Å². The van der Waals surface area contributed by atoms with Gasteiger partial charge in [0.05, 0.1) is 18.7 Å². The van der Waals surface area contributed by atoms with Crippen LogP contribution in [0.5, 0.6) is 5.75 Å². The second kappa shape index (κ2) is 5.34. The zero-order valence-electron chi connectivity index (χ0n) is 11.1. The summed E-state index contributed by atoms with van der Waals surface area (Å²) < 4.78 is 11.8. The fraction of sp³-hybridized carbons (Fsp3) is 0.357. The molecule has 1 aliphatic rings. The maximum absolute atomic E-state index is 12.4. The highest BCUT2D eigenvalue weighted by atomic mass is 35.5. The van der Waals surface area contributed by atoms with Crippen molar-refractivity contribution in [2.75, 3.05) is 20.2 Å². The van der Waals surface area contributed by atoms with Crippen LogP contribution in [0.15, 0.2) is 28.9 Å². The molecule has 1 N–H and O–H groups in total. The number of halogens is 1. The number of carbonyl (C=O) groups excluding carboxylic acids is 1. The Kier molecular flexibility index (Phi) is 3.54. The minimum absolute atomic E-state index is 0.0207. The van der Waals surface area contributed by atoms with Crippen LogP contribution < -0.4 is 10.1 Å². The van der Waals surface area contributed by atoms with Crippen molar-refractivity contribution >= 4 is 28.7 Å². The molecule has 1 aromatic heterocycles. The molecule has 1 saturated heterocycles. The van der Waals surface area contributed by atoms with Gasteiger partial charge in [-0.15, -0.1) is 0 Å². The van der Waals surface area contributed by atoms with E-state index in [0.29, 0.717) is 16.9 Å². The molecule has 0 unspecified atom stereocenters. The third-order valence-corrected chi connectivity index (χ3v) is 3.99. The van der Waals surface area contributed by atoms with E-state index in [0.717, 1.165) is 24.9 Å². The summed E-state index contributed by atoms with van der Waals surface area (Å²) in [4.78, 5) is 12.4. The van der Waals surface area contributed by atoms with Gasteiger partial charge in [-0.1, -0.05) is 0 Å². The van der Waals surface area contributed by atoms with Crippen molar-refractivity contribution in [2.45, 2.75) is 12.5 Å². The Labute approximate surface area is 121 Å². The molecule has 0 radical (unpaired) electrons. The summed E-state index contributed by atoms with van der Waals surface area (Å²) in [5.41, 5.74) is 1.09. The highest BCUT2D eigenvalue weighted by molar-refractivity contribution is 6.26. The number of hydrogen-bond acceptors (Lipinski definition) is 4. The third-order valence-electron chi connectivity index (χ3n) is 3.56. The summed E-state index contributed by atoms with van der Waals surface area (Å²) in [5, 5.41) is 3.93. The highest BCUT2D eigenvalue weighted by Gasteiger charge is 2.28. The molecule has 0 bridgehead atoms. The topological polar surface area (TPSA) is 54.7 Å². The number of hydrogen-bond donors (Lipinski definition) is 1. The first-order chi connectivity index (χ1) is 9.70. The molecule has 2 aromatic rings. The van der Waals surface area contributed by atoms with E-state index in [1.807, 2.05) is 6.07 Å². The molecule has 1 atom stereocenters. The number of amides is 1. The molecule has 1 aromatic carbocycles. The van der Waals surface area contributed by atoms with E-state index in [2.05, 4.69) is 5.32 Å². The summed E-state index contributed by atoms with van der Waals surface area (Å²) in [5.74, 6) is 0.456. The van der Waals surface area contributed by atoms with Crippen LogP contribution in [0, 0.1) is 0 Å². The number of nitrogens with zero attached hydrogens (tertiary/aromatic N) is 1. The molecule has 106 valence electrons. The average molecular weight is 295 g/mol. The van der Waals surface area contributed by atoms with Crippen LogP contribution in [0.2, 0.25) is 0 Å². The van der Waals surface area contributed by atoms with Crippen molar-refractivity contribution < 1.29 is 13.9 Å². The zero-order valence-corrected chi connectivity index (χ0v) is 11.8. The summed E-state index contributed by atoms with van der Waals surface area (Å²) in [6.45, 7) is 1.60. The van der Waals surface area contributed by atoms with Crippen molar-refractivity contribution in [3.05, 3.63) is 30.0 Å². The summed E-state index contributed by atoms with van der Waals surface area (Å²) in [6, 6.07) is 5.38. The van der Waals surface area contributed by atoms with Crippen molar-refractivity contribution in [3.8, 4) is 5.75 Å². The van der Waals surface area contributed by atoms with Gasteiger partial charge in [0.25, 0.3) is 5.91 Å². The molecule has 5 nitrogen and oxygen atoms in total. The third kappa shape index (κ3) is 2.23. The Bertz CT molecular complexity index is 634. The lowest BCUT2D eigenvalue weighted by molar-refractivity contribution is 0.0832. The van der Waals surface area contributed by atoms with E-state index in [1.165, 1.54) is 10.7 Å². The number of furan rings is 1. The molecule has 0 spiro atoms. The Balaban J connectivity index is 1.91. The number of carbonyl (C=O) groups is 1. The summed E-state index contributed by atoms with van der Waals surface area (Å²) in [7, 11) is 1.59. The second-order valence-electron chi connectivity index (χ2n) is 4.77. The Morgan fingerprint density at radius 1 is 1.55 bits per heavy atom. The van der Waals surface area contributed by atoms with Gasteiger partial charge >= 0.3 is 0 Å². The number of ether oxygens (including phenoxy) is 1. The van der Waals surface area contributed by atoms with Gasteiger partial charge in [-0.25, -0.2) is 4.42 Å². The minimum atomic E-state index is -0.232. The van der Waals surface area contributed by atoms with E-state index in [9.17, 15) is 4.79 Å². The van der Waals surface area contributed by atoms with Gasteiger partial charge in [0, 0.05) is 29.8 Å². The van der Waals surface area contributed by atoms with Gasteiger partial charge in [-0.05, 0) is 25.1 Å². The number of nitrogens with one attached hydrogen (secondary N) is 1. The Morgan fingerprint density at radius 3 is 3.10 bits per heavy atom. The lowest BCUT2D eigenvalue weighted by atomic mass is 10.1. The van der Waals surface area contributed by atoms with Gasteiger partial charge in [0.2, 0.25) is 0 Å². The first-order valence-corrected chi connectivity index (χ1v) is 6.80. The molecular formula is C14H15ClN2O3. The highest BCUT2D eigenvalue weighted by Crippen LogP contribution is 2.27. The van der Waals surface area contributed by atoms with Gasteiger partial charge < -0.3 is 14.5 Å². The monoisotopic (exact) mass is 294 g/mol. The van der Waals surface area contributed by atoms with E-state index in [1.54, 1.807) is 19.2 Å². The quantitative estimate of drug-likeness (QED) is 0.883. The van der Waals surface area contributed by atoms with E-state index < -0.39 is 0 Å². The number of rotatable bonds is 3. The van der Waals surface area contributed by atoms with E-state index in [-0.39, 0.29) is 11.9 Å². The fourth-order valence-corrected chi connectivity index (χ4v) is 2.67. The minimum Gasteiger partial charge on any atom is -0.497 e. The van der Waals surface area contributed by atoms with E-state index >= 15 is 0 Å². The Morgan fingerprint density at radius 2 is 2.40 bits per heavy atom. The molecule has 1 amide bonds. The van der Waals surface area contributed by atoms with Gasteiger partial charge in [0.1, 0.15) is 17.6 Å².